The highest BCUT2D eigenvalue weighted by atomic mass is 16.2. The van der Waals surface area contributed by atoms with Gasteiger partial charge in [0.25, 0.3) is 0 Å². The van der Waals surface area contributed by atoms with E-state index in [4.69, 9.17) is 0 Å². The van der Waals surface area contributed by atoms with Gasteiger partial charge in [0.15, 0.2) is 0 Å². The van der Waals surface area contributed by atoms with Gasteiger partial charge in [0.2, 0.25) is 5.91 Å². The molecule has 1 amide bonds. The number of nitrogens with zero attached hydrogens (tertiary/aromatic N) is 2. The zero-order chi connectivity index (χ0) is 19.5. The molecule has 28 heavy (non-hydrogen) atoms. The molecule has 2 aromatic carbocycles. The molecule has 1 fully saturated rings. The fourth-order valence-corrected chi connectivity index (χ4v) is 5.38. The fraction of sp³-hybridized carbons (Fsp3) is 0.480. The van der Waals surface area contributed by atoms with Crippen molar-refractivity contribution in [1.29, 1.82) is 0 Å². The lowest BCUT2D eigenvalue weighted by Gasteiger charge is -2.43. The summed E-state index contributed by atoms with van der Waals surface area (Å²) in [4.78, 5) is 17.3. The maximum Gasteiger partial charge on any atom is 0.223 e. The molecule has 0 aromatic heterocycles. The lowest BCUT2D eigenvalue weighted by Crippen LogP contribution is -2.39. The van der Waals surface area contributed by atoms with E-state index in [1.807, 2.05) is 0 Å². The lowest BCUT2D eigenvalue weighted by molar-refractivity contribution is -0.130. The van der Waals surface area contributed by atoms with E-state index in [1.165, 1.54) is 27.9 Å². The Bertz CT molecular complexity index is 909. The average molecular weight is 375 g/mol. The number of hydrogen-bond acceptors (Lipinski definition) is 2. The van der Waals surface area contributed by atoms with Gasteiger partial charge >= 0.3 is 0 Å². The van der Waals surface area contributed by atoms with Gasteiger partial charge < -0.3 is 9.80 Å². The summed E-state index contributed by atoms with van der Waals surface area (Å²) in [6.07, 6.45) is 3.82. The van der Waals surface area contributed by atoms with Crippen LogP contribution in [-0.2, 0) is 16.6 Å². The minimum Gasteiger partial charge on any atom is -0.364 e. The molecule has 3 aliphatic rings. The molecule has 5 rings (SSSR count). The molecular weight excluding hydrogens is 344 g/mol. The van der Waals surface area contributed by atoms with E-state index in [2.05, 4.69) is 73.0 Å². The highest BCUT2D eigenvalue weighted by Crippen LogP contribution is 2.50. The topological polar surface area (TPSA) is 23.6 Å². The van der Waals surface area contributed by atoms with E-state index >= 15 is 0 Å². The van der Waals surface area contributed by atoms with Crippen LogP contribution in [0.5, 0.6) is 0 Å². The molecule has 0 aliphatic carbocycles. The number of para-hydroxylation sites is 1. The van der Waals surface area contributed by atoms with E-state index in [9.17, 15) is 4.79 Å². The largest absolute Gasteiger partial charge is 0.364 e. The Morgan fingerprint density at radius 1 is 0.893 bits per heavy atom. The van der Waals surface area contributed by atoms with Gasteiger partial charge in [-0.2, -0.15) is 0 Å². The van der Waals surface area contributed by atoms with Gasteiger partial charge in [-0.3, -0.25) is 4.79 Å². The predicted octanol–water partition coefficient (Wildman–Crippen LogP) is 5.16. The standard InChI is InChI=1S/C25H30N2O/c1-25(2,3)19-11-9-17(10-12-19)21-16-22(26-14-5-8-23(26)28)20-7-4-6-18-13-15-27(21)24(18)20/h4,6-7,9-12,21-22H,5,8,13-16H2,1-3H3. The molecule has 0 bridgehead atoms. The van der Waals surface area contributed by atoms with Gasteiger partial charge in [0.05, 0.1) is 12.1 Å². The molecule has 2 atom stereocenters. The fourth-order valence-electron chi connectivity index (χ4n) is 5.38. The van der Waals surface area contributed by atoms with Crippen LogP contribution in [0.2, 0.25) is 0 Å². The third kappa shape index (κ3) is 2.75. The molecule has 3 heteroatoms. The molecule has 146 valence electrons. The number of amides is 1. The molecule has 1 saturated heterocycles. The summed E-state index contributed by atoms with van der Waals surface area (Å²) in [6, 6.07) is 16.5. The summed E-state index contributed by atoms with van der Waals surface area (Å²) < 4.78 is 0. The molecule has 2 aromatic rings. The Balaban J connectivity index is 1.56. The highest BCUT2D eigenvalue weighted by Gasteiger charge is 2.41. The summed E-state index contributed by atoms with van der Waals surface area (Å²) in [5, 5.41) is 0. The minimum absolute atomic E-state index is 0.170. The molecule has 0 spiro atoms. The smallest absolute Gasteiger partial charge is 0.223 e. The normalized spacial score (nSPS) is 24.0. The second-order valence-electron chi connectivity index (χ2n) is 9.63. The summed E-state index contributed by atoms with van der Waals surface area (Å²) in [6.45, 7) is 8.78. The van der Waals surface area contributed by atoms with Crippen molar-refractivity contribution in [2.24, 2.45) is 0 Å². The quantitative estimate of drug-likeness (QED) is 0.725. The van der Waals surface area contributed by atoms with Gasteiger partial charge in [-0.15, -0.1) is 0 Å². The van der Waals surface area contributed by atoms with Crippen LogP contribution in [0.15, 0.2) is 42.5 Å². The van der Waals surface area contributed by atoms with Crippen LogP contribution in [-0.4, -0.2) is 23.9 Å². The molecule has 0 N–H and O–H groups in total. The van der Waals surface area contributed by atoms with Crippen molar-refractivity contribution in [3.05, 3.63) is 64.7 Å². The Kier molecular flexibility index (Phi) is 4.04. The molecular formula is C25H30N2O. The van der Waals surface area contributed by atoms with Crippen molar-refractivity contribution in [2.75, 3.05) is 18.0 Å². The van der Waals surface area contributed by atoms with Crippen LogP contribution in [0.25, 0.3) is 0 Å². The Hall–Kier alpha value is -2.29. The number of carbonyl (C=O) groups excluding carboxylic acids is 1. The van der Waals surface area contributed by atoms with E-state index in [0.717, 1.165) is 32.4 Å². The van der Waals surface area contributed by atoms with Gasteiger partial charge in [-0.05, 0) is 46.9 Å². The van der Waals surface area contributed by atoms with Crippen molar-refractivity contribution in [1.82, 2.24) is 4.90 Å². The van der Waals surface area contributed by atoms with Crippen molar-refractivity contribution in [2.45, 2.75) is 64.0 Å². The zero-order valence-corrected chi connectivity index (χ0v) is 17.2. The van der Waals surface area contributed by atoms with E-state index in [-0.39, 0.29) is 11.5 Å². The van der Waals surface area contributed by atoms with E-state index in [0.29, 0.717) is 18.4 Å². The van der Waals surface area contributed by atoms with Crippen LogP contribution >= 0.6 is 0 Å². The van der Waals surface area contributed by atoms with Gasteiger partial charge in [-0.1, -0.05) is 63.2 Å². The summed E-state index contributed by atoms with van der Waals surface area (Å²) >= 11 is 0. The molecule has 0 saturated carbocycles. The first-order chi connectivity index (χ1) is 13.4. The van der Waals surface area contributed by atoms with Gasteiger partial charge in [0.1, 0.15) is 0 Å². The number of hydrogen-bond donors (Lipinski definition) is 0. The second kappa shape index (κ2) is 6.37. The number of rotatable bonds is 2. The molecule has 3 aliphatic heterocycles. The first-order valence-corrected chi connectivity index (χ1v) is 10.7. The van der Waals surface area contributed by atoms with Crippen molar-refractivity contribution < 1.29 is 4.79 Å². The number of likely N-dealkylation sites (tertiary alicyclic amines) is 1. The van der Waals surface area contributed by atoms with Crippen molar-refractivity contribution >= 4 is 11.6 Å². The zero-order valence-electron chi connectivity index (χ0n) is 17.2. The third-order valence-corrected chi connectivity index (χ3v) is 6.89. The molecule has 0 radical (unpaired) electrons. The molecule has 3 heterocycles. The van der Waals surface area contributed by atoms with Crippen LogP contribution in [0.1, 0.15) is 74.4 Å². The molecule has 2 unspecified atom stereocenters. The van der Waals surface area contributed by atoms with Crippen LogP contribution in [0, 0.1) is 0 Å². The van der Waals surface area contributed by atoms with E-state index < -0.39 is 0 Å². The third-order valence-electron chi connectivity index (χ3n) is 6.89. The number of benzene rings is 2. The summed E-state index contributed by atoms with van der Waals surface area (Å²) in [7, 11) is 0. The van der Waals surface area contributed by atoms with Gasteiger partial charge in [-0.25, -0.2) is 0 Å². The van der Waals surface area contributed by atoms with Crippen molar-refractivity contribution in [3.63, 3.8) is 0 Å². The van der Waals surface area contributed by atoms with E-state index in [1.54, 1.807) is 0 Å². The monoisotopic (exact) mass is 374 g/mol. The Labute approximate surface area is 168 Å². The molecule has 3 nitrogen and oxygen atoms in total. The minimum atomic E-state index is 0.170. The summed E-state index contributed by atoms with van der Waals surface area (Å²) in [5.74, 6) is 0.330. The summed E-state index contributed by atoms with van der Waals surface area (Å²) in [5.41, 5.74) is 7.15. The van der Waals surface area contributed by atoms with Crippen LogP contribution in [0.3, 0.4) is 0 Å². The van der Waals surface area contributed by atoms with Crippen molar-refractivity contribution in [3.8, 4) is 0 Å². The Morgan fingerprint density at radius 3 is 2.36 bits per heavy atom. The van der Waals surface area contributed by atoms with Crippen LogP contribution < -0.4 is 4.90 Å². The van der Waals surface area contributed by atoms with Crippen LogP contribution in [0.4, 0.5) is 5.69 Å². The lowest BCUT2D eigenvalue weighted by atomic mass is 9.83. The maximum atomic E-state index is 12.6. The van der Waals surface area contributed by atoms with Gasteiger partial charge in [0, 0.05) is 25.2 Å². The maximum absolute atomic E-state index is 12.6. The average Bonchev–Trinajstić information content (AvgIpc) is 3.30. The number of anilines is 1. The predicted molar refractivity (Wildman–Crippen MR) is 114 cm³/mol. The highest BCUT2D eigenvalue weighted by molar-refractivity contribution is 5.80. The second-order valence-corrected chi connectivity index (χ2v) is 9.63. The first kappa shape index (κ1) is 17.8. The number of carbonyl (C=O) groups is 1. The Morgan fingerprint density at radius 2 is 1.68 bits per heavy atom. The first-order valence-electron chi connectivity index (χ1n) is 10.7. The SMILES string of the molecule is CC(C)(C)c1ccc(C2CC(N3CCCC3=O)c3cccc4c3N2CC4)cc1.